The number of benzene rings is 2. The van der Waals surface area contributed by atoms with Crippen LogP contribution < -0.4 is 5.32 Å². The number of rotatable bonds is 4. The lowest BCUT2D eigenvalue weighted by atomic mass is 10.0. The smallest absolute Gasteiger partial charge is 0.256 e. The Morgan fingerprint density at radius 1 is 1.03 bits per heavy atom. The molecule has 1 N–H and O–H groups in total. The van der Waals surface area contributed by atoms with Crippen LogP contribution in [0.15, 0.2) is 48.5 Å². The highest BCUT2D eigenvalue weighted by molar-refractivity contribution is 7.99. The van der Waals surface area contributed by atoms with Crippen LogP contribution >= 0.6 is 11.8 Å². The van der Waals surface area contributed by atoms with Gasteiger partial charge in [-0.15, -0.1) is 0 Å². The van der Waals surface area contributed by atoms with E-state index in [-0.39, 0.29) is 11.8 Å². The number of nitrogens with one attached hydrogen (secondary N) is 1. The predicted molar refractivity (Wildman–Crippen MR) is 123 cm³/mol. The molecule has 1 aliphatic rings. The molecule has 0 saturated carbocycles. The molecule has 1 saturated heterocycles. The van der Waals surface area contributed by atoms with Gasteiger partial charge in [0.15, 0.2) is 0 Å². The zero-order valence-corrected chi connectivity index (χ0v) is 18.1. The van der Waals surface area contributed by atoms with Crippen molar-refractivity contribution >= 4 is 40.2 Å². The second-order valence-electron chi connectivity index (χ2n) is 7.65. The van der Waals surface area contributed by atoms with Crippen LogP contribution in [0, 0.1) is 13.8 Å². The third-order valence-electron chi connectivity index (χ3n) is 5.27. The molecular formula is C24H25N3O2S. The summed E-state index contributed by atoms with van der Waals surface area (Å²) in [5, 5.41) is 3.82. The molecule has 154 valence electrons. The Morgan fingerprint density at radius 3 is 2.50 bits per heavy atom. The van der Waals surface area contributed by atoms with Crippen molar-refractivity contribution in [3.8, 4) is 0 Å². The number of carbonyl (C=O) groups is 2. The van der Waals surface area contributed by atoms with Gasteiger partial charge >= 0.3 is 0 Å². The van der Waals surface area contributed by atoms with Crippen LogP contribution in [0.25, 0.3) is 10.9 Å². The van der Waals surface area contributed by atoms with E-state index < -0.39 is 0 Å². The number of thioether (sulfide) groups is 1. The lowest BCUT2D eigenvalue weighted by molar-refractivity contribution is -0.130. The van der Waals surface area contributed by atoms with E-state index in [0.29, 0.717) is 17.7 Å². The Morgan fingerprint density at radius 2 is 1.77 bits per heavy atom. The largest absolute Gasteiger partial charge is 0.341 e. The lowest BCUT2D eigenvalue weighted by Crippen LogP contribution is -2.38. The van der Waals surface area contributed by atoms with Crippen LogP contribution in [0.5, 0.6) is 0 Å². The van der Waals surface area contributed by atoms with Gasteiger partial charge in [0.2, 0.25) is 5.91 Å². The summed E-state index contributed by atoms with van der Waals surface area (Å²) in [4.78, 5) is 31.9. The van der Waals surface area contributed by atoms with E-state index in [4.69, 9.17) is 0 Å². The molecule has 0 atom stereocenters. The molecule has 1 fully saturated rings. The van der Waals surface area contributed by atoms with Gasteiger partial charge in [-0.25, -0.2) is 0 Å². The minimum Gasteiger partial charge on any atom is -0.341 e. The number of pyridine rings is 1. The number of fused-ring (bicyclic) bond motifs is 1. The molecule has 2 heterocycles. The fourth-order valence-electron chi connectivity index (χ4n) is 3.66. The Hall–Kier alpha value is -2.86. The molecule has 0 bridgehead atoms. The van der Waals surface area contributed by atoms with Crippen molar-refractivity contribution in [1.29, 1.82) is 0 Å². The molecule has 3 aromatic rings. The van der Waals surface area contributed by atoms with Crippen molar-refractivity contribution in [3.63, 3.8) is 0 Å². The molecule has 0 aliphatic carbocycles. The first kappa shape index (κ1) is 20.4. The maximum atomic E-state index is 13.0. The highest BCUT2D eigenvalue weighted by Gasteiger charge is 2.17. The summed E-state index contributed by atoms with van der Waals surface area (Å²) in [6.45, 7) is 5.56. The monoisotopic (exact) mass is 419 g/mol. The van der Waals surface area contributed by atoms with Crippen molar-refractivity contribution < 1.29 is 9.59 Å². The molecule has 30 heavy (non-hydrogen) atoms. The zero-order valence-electron chi connectivity index (χ0n) is 17.3. The van der Waals surface area contributed by atoms with E-state index in [9.17, 15) is 9.59 Å². The molecular weight excluding hydrogens is 394 g/mol. The molecule has 1 aliphatic heterocycles. The van der Waals surface area contributed by atoms with E-state index in [1.54, 1.807) is 0 Å². The minimum absolute atomic E-state index is 0.161. The molecule has 2 aromatic carbocycles. The fourth-order valence-corrected chi connectivity index (χ4v) is 4.57. The summed E-state index contributed by atoms with van der Waals surface area (Å²) >= 11 is 1.89. The standard InChI is InChI=1S/C24H25N3O2S/c1-16-3-8-22-20(13-16)21(14-17(2)25-22)24(29)26-19-6-4-18(5-7-19)15-23(28)27-9-11-30-12-10-27/h3-8,13-14H,9-12,15H2,1-2H3,(H,26,29). The maximum Gasteiger partial charge on any atom is 0.256 e. The third kappa shape index (κ3) is 4.65. The first-order valence-electron chi connectivity index (χ1n) is 10.1. The van der Waals surface area contributed by atoms with Crippen molar-refractivity contribution in [2.45, 2.75) is 20.3 Å². The van der Waals surface area contributed by atoms with Gasteiger partial charge in [-0.2, -0.15) is 11.8 Å². The Labute approximate surface area is 180 Å². The van der Waals surface area contributed by atoms with E-state index >= 15 is 0 Å². The van der Waals surface area contributed by atoms with Crippen molar-refractivity contribution in [2.75, 3.05) is 29.9 Å². The van der Waals surface area contributed by atoms with Crippen molar-refractivity contribution in [3.05, 3.63) is 70.9 Å². The first-order valence-corrected chi connectivity index (χ1v) is 11.3. The molecule has 1 aromatic heterocycles. The fraction of sp³-hybridized carbons (Fsp3) is 0.292. The van der Waals surface area contributed by atoms with Crippen LogP contribution in [0.1, 0.15) is 27.2 Å². The summed E-state index contributed by atoms with van der Waals surface area (Å²) in [7, 11) is 0. The number of hydrogen-bond acceptors (Lipinski definition) is 4. The SMILES string of the molecule is Cc1ccc2nc(C)cc(C(=O)Nc3ccc(CC(=O)N4CCSCC4)cc3)c2c1. The van der Waals surface area contributed by atoms with Gasteiger partial charge < -0.3 is 10.2 Å². The van der Waals surface area contributed by atoms with Gasteiger partial charge in [0.05, 0.1) is 17.5 Å². The number of aryl methyl sites for hydroxylation is 2. The minimum atomic E-state index is -0.161. The Balaban J connectivity index is 1.47. The number of aromatic nitrogens is 1. The van der Waals surface area contributed by atoms with E-state index in [1.807, 2.05) is 79.0 Å². The first-order chi connectivity index (χ1) is 14.5. The number of carbonyl (C=O) groups excluding carboxylic acids is 2. The topological polar surface area (TPSA) is 62.3 Å². The Kier molecular flexibility index (Phi) is 6.04. The molecule has 0 radical (unpaired) electrons. The summed E-state index contributed by atoms with van der Waals surface area (Å²) in [6, 6.07) is 15.3. The van der Waals surface area contributed by atoms with Crippen molar-refractivity contribution in [2.24, 2.45) is 0 Å². The molecule has 0 spiro atoms. The predicted octanol–water partition coefficient (Wildman–Crippen LogP) is 4.22. The van der Waals surface area contributed by atoms with Gasteiger partial charge in [-0.1, -0.05) is 23.8 Å². The van der Waals surface area contributed by atoms with Crippen LogP contribution in [-0.2, 0) is 11.2 Å². The van der Waals surface area contributed by atoms with E-state index in [1.165, 1.54) is 0 Å². The number of hydrogen-bond donors (Lipinski definition) is 1. The van der Waals surface area contributed by atoms with Crippen LogP contribution in [0.2, 0.25) is 0 Å². The second kappa shape index (κ2) is 8.88. The second-order valence-corrected chi connectivity index (χ2v) is 8.88. The lowest BCUT2D eigenvalue weighted by Gasteiger charge is -2.26. The average molecular weight is 420 g/mol. The molecule has 2 amide bonds. The van der Waals surface area contributed by atoms with Crippen LogP contribution in [0.4, 0.5) is 5.69 Å². The number of nitrogens with zero attached hydrogens (tertiary/aromatic N) is 2. The maximum absolute atomic E-state index is 13.0. The number of amides is 2. The summed E-state index contributed by atoms with van der Waals surface area (Å²) in [6.07, 6.45) is 0.395. The van der Waals surface area contributed by atoms with Crippen LogP contribution in [-0.4, -0.2) is 46.3 Å². The average Bonchev–Trinajstić information content (AvgIpc) is 2.75. The summed E-state index contributed by atoms with van der Waals surface area (Å²) in [5.41, 5.74) is 4.99. The van der Waals surface area contributed by atoms with Gasteiger partial charge in [0.25, 0.3) is 5.91 Å². The summed E-state index contributed by atoms with van der Waals surface area (Å²) in [5.74, 6) is 2.03. The normalized spacial score (nSPS) is 14.0. The molecule has 6 heteroatoms. The molecule has 5 nitrogen and oxygen atoms in total. The van der Waals surface area contributed by atoms with E-state index in [2.05, 4.69) is 10.3 Å². The van der Waals surface area contributed by atoms with Gasteiger partial charge in [-0.3, -0.25) is 14.6 Å². The van der Waals surface area contributed by atoms with Gasteiger partial charge in [0.1, 0.15) is 0 Å². The van der Waals surface area contributed by atoms with Gasteiger partial charge in [-0.05, 0) is 49.7 Å². The molecule has 0 unspecified atom stereocenters. The summed E-state index contributed by atoms with van der Waals surface area (Å²) < 4.78 is 0. The highest BCUT2D eigenvalue weighted by Crippen LogP contribution is 2.22. The van der Waals surface area contributed by atoms with Crippen molar-refractivity contribution in [1.82, 2.24) is 9.88 Å². The number of anilines is 1. The Bertz CT molecular complexity index is 1090. The van der Waals surface area contributed by atoms with E-state index in [0.717, 1.165) is 52.3 Å². The third-order valence-corrected chi connectivity index (χ3v) is 6.21. The van der Waals surface area contributed by atoms with Gasteiger partial charge in [0, 0.05) is 41.4 Å². The quantitative estimate of drug-likeness (QED) is 0.688. The molecule has 4 rings (SSSR count). The zero-order chi connectivity index (χ0) is 21.1. The van der Waals surface area contributed by atoms with Crippen LogP contribution in [0.3, 0.4) is 0 Å². The highest BCUT2D eigenvalue weighted by atomic mass is 32.2.